The second kappa shape index (κ2) is 3.48. The highest BCUT2D eigenvalue weighted by atomic mass is 79.9. The lowest BCUT2D eigenvalue weighted by molar-refractivity contribution is -0.119. The molecule has 0 saturated carbocycles. The van der Waals surface area contributed by atoms with Crippen LogP contribution in [0.3, 0.4) is 0 Å². The van der Waals surface area contributed by atoms with E-state index in [0.717, 1.165) is 21.7 Å². The monoisotopic (exact) mass is 281 g/mol. The number of anilines is 1. The van der Waals surface area contributed by atoms with E-state index in [1.807, 2.05) is 23.1 Å². The summed E-state index contributed by atoms with van der Waals surface area (Å²) in [5.74, 6) is 1.39. The van der Waals surface area contributed by atoms with E-state index in [4.69, 9.17) is 4.74 Å². The van der Waals surface area contributed by atoms with Gasteiger partial charge in [0.25, 0.3) is 5.91 Å². The molecule has 0 aromatic heterocycles. The van der Waals surface area contributed by atoms with Crippen molar-refractivity contribution in [3.63, 3.8) is 0 Å². The molecule has 0 fully saturated rings. The van der Waals surface area contributed by atoms with Gasteiger partial charge in [0, 0.05) is 4.47 Å². The van der Waals surface area contributed by atoms with Crippen LogP contribution in [0.1, 0.15) is 0 Å². The lowest BCUT2D eigenvalue weighted by atomic mass is 10.2. The number of carbonyl (C=O) groups is 1. The summed E-state index contributed by atoms with van der Waals surface area (Å²) in [4.78, 5) is 13.2. The normalized spacial score (nSPS) is 17.9. The van der Waals surface area contributed by atoms with Gasteiger partial charge in [0.2, 0.25) is 0 Å². The van der Waals surface area contributed by atoms with Crippen molar-refractivity contribution in [1.82, 2.24) is 5.43 Å². The van der Waals surface area contributed by atoms with Crippen LogP contribution < -0.4 is 15.1 Å². The maximum atomic E-state index is 11.3. The van der Waals surface area contributed by atoms with Crippen LogP contribution in [-0.4, -0.2) is 24.9 Å². The predicted octanol–water partition coefficient (Wildman–Crippen LogP) is 1.09. The smallest absolute Gasteiger partial charge is 0.260 e. The van der Waals surface area contributed by atoms with Crippen LogP contribution in [0.2, 0.25) is 0 Å². The van der Waals surface area contributed by atoms with Crippen molar-refractivity contribution in [2.24, 2.45) is 5.10 Å². The van der Waals surface area contributed by atoms with E-state index in [-0.39, 0.29) is 12.5 Å². The van der Waals surface area contributed by atoms with E-state index in [1.165, 1.54) is 0 Å². The van der Waals surface area contributed by atoms with Crippen molar-refractivity contribution in [2.75, 3.05) is 18.1 Å². The van der Waals surface area contributed by atoms with E-state index in [0.29, 0.717) is 6.61 Å². The predicted molar refractivity (Wildman–Crippen MR) is 62.6 cm³/mol. The molecular formula is C10H8BrN3O2. The Hall–Kier alpha value is -1.56. The summed E-state index contributed by atoms with van der Waals surface area (Å²) in [6, 6.07) is 5.70. The van der Waals surface area contributed by atoms with E-state index < -0.39 is 0 Å². The summed E-state index contributed by atoms with van der Waals surface area (Å²) in [5, 5.41) is 3.96. The van der Waals surface area contributed by atoms with E-state index in [2.05, 4.69) is 26.5 Å². The molecule has 82 valence electrons. The molecule has 5 nitrogen and oxygen atoms in total. The van der Waals surface area contributed by atoms with E-state index in [1.54, 1.807) is 0 Å². The third-order valence-corrected chi connectivity index (χ3v) is 2.98. The van der Waals surface area contributed by atoms with Crippen LogP contribution >= 0.6 is 15.9 Å². The molecular weight excluding hydrogens is 274 g/mol. The number of nitrogens with one attached hydrogen (secondary N) is 1. The minimum Gasteiger partial charge on any atom is -0.483 e. The van der Waals surface area contributed by atoms with Crippen LogP contribution in [0.25, 0.3) is 0 Å². The van der Waals surface area contributed by atoms with Crippen LogP contribution in [-0.2, 0) is 4.79 Å². The third kappa shape index (κ3) is 1.46. The molecule has 6 heteroatoms. The van der Waals surface area contributed by atoms with E-state index >= 15 is 0 Å². The number of halogens is 1. The fraction of sp³-hybridized carbons (Fsp3) is 0.200. The maximum absolute atomic E-state index is 11.3. The quantitative estimate of drug-likeness (QED) is 0.775. The number of fused-ring (bicyclic) bond motifs is 3. The standard InChI is InChI=1S/C10H8BrN3O2/c11-6-1-2-8-7(3-6)14-4-10(15)13-12-9(14)5-16-8/h1-3H,4-5H2,(H,13,15). The van der Waals surface area contributed by atoms with Crippen molar-refractivity contribution in [3.8, 4) is 5.75 Å². The Labute approximate surface area is 100 Å². The summed E-state index contributed by atoms with van der Waals surface area (Å²) in [7, 11) is 0. The van der Waals surface area contributed by atoms with Crippen LogP contribution in [0.5, 0.6) is 5.75 Å². The van der Waals surface area contributed by atoms with Gasteiger partial charge in [-0.2, -0.15) is 5.10 Å². The lowest BCUT2D eigenvalue weighted by Gasteiger charge is -2.33. The van der Waals surface area contributed by atoms with Gasteiger partial charge in [-0.1, -0.05) is 15.9 Å². The summed E-state index contributed by atoms with van der Waals surface area (Å²) in [6.45, 7) is 0.667. The number of hydrazone groups is 1. The van der Waals surface area contributed by atoms with Crippen molar-refractivity contribution in [3.05, 3.63) is 22.7 Å². The molecule has 1 aromatic carbocycles. The SMILES string of the molecule is O=C1CN2C(=NN1)COc1ccc(Br)cc12. The number of hydrogen-bond donors (Lipinski definition) is 1. The van der Waals surface area contributed by atoms with Gasteiger partial charge in [0.1, 0.15) is 18.9 Å². The number of carbonyl (C=O) groups excluding carboxylic acids is 1. The molecule has 0 saturated heterocycles. The molecule has 0 radical (unpaired) electrons. The number of amidine groups is 1. The van der Waals surface area contributed by atoms with Gasteiger partial charge in [-0.05, 0) is 18.2 Å². The fourth-order valence-electron chi connectivity index (χ4n) is 1.76. The molecule has 2 aliphatic rings. The molecule has 0 atom stereocenters. The average molecular weight is 282 g/mol. The Kier molecular flexibility index (Phi) is 2.10. The molecule has 16 heavy (non-hydrogen) atoms. The number of amides is 1. The van der Waals surface area contributed by atoms with Crippen LogP contribution in [0, 0.1) is 0 Å². The number of rotatable bonds is 0. The average Bonchev–Trinajstić information content (AvgIpc) is 2.29. The summed E-state index contributed by atoms with van der Waals surface area (Å²) in [5.41, 5.74) is 3.31. The number of hydrogen-bond acceptors (Lipinski definition) is 4. The van der Waals surface area contributed by atoms with Gasteiger partial charge in [-0.3, -0.25) is 4.79 Å². The largest absolute Gasteiger partial charge is 0.483 e. The van der Waals surface area contributed by atoms with Crippen molar-refractivity contribution < 1.29 is 9.53 Å². The van der Waals surface area contributed by atoms with Gasteiger partial charge in [-0.15, -0.1) is 0 Å². The molecule has 0 bridgehead atoms. The van der Waals surface area contributed by atoms with Gasteiger partial charge < -0.3 is 9.64 Å². The second-order valence-electron chi connectivity index (χ2n) is 3.55. The minimum absolute atomic E-state index is 0.114. The molecule has 2 heterocycles. The first-order valence-electron chi connectivity index (χ1n) is 4.79. The zero-order valence-corrected chi connectivity index (χ0v) is 9.82. The van der Waals surface area contributed by atoms with E-state index in [9.17, 15) is 4.79 Å². The topological polar surface area (TPSA) is 53.9 Å². The third-order valence-electron chi connectivity index (χ3n) is 2.49. The molecule has 1 aromatic rings. The molecule has 0 aliphatic carbocycles. The first-order chi connectivity index (χ1) is 7.74. The summed E-state index contributed by atoms with van der Waals surface area (Å²) < 4.78 is 6.48. The molecule has 1 amide bonds. The minimum atomic E-state index is -0.114. The lowest BCUT2D eigenvalue weighted by Crippen LogP contribution is -2.49. The van der Waals surface area contributed by atoms with Gasteiger partial charge in [0.15, 0.2) is 5.84 Å². The fourth-order valence-corrected chi connectivity index (χ4v) is 2.11. The van der Waals surface area contributed by atoms with Gasteiger partial charge in [-0.25, -0.2) is 5.43 Å². The summed E-state index contributed by atoms with van der Waals surface area (Å²) >= 11 is 3.40. The zero-order chi connectivity index (χ0) is 11.1. The van der Waals surface area contributed by atoms with Crippen molar-refractivity contribution in [2.45, 2.75) is 0 Å². The number of nitrogens with zero attached hydrogens (tertiary/aromatic N) is 2. The Morgan fingerprint density at radius 2 is 2.38 bits per heavy atom. The summed E-state index contributed by atoms with van der Waals surface area (Å²) in [6.07, 6.45) is 0. The van der Waals surface area contributed by atoms with Gasteiger partial charge >= 0.3 is 0 Å². The van der Waals surface area contributed by atoms with Crippen molar-refractivity contribution in [1.29, 1.82) is 0 Å². The Morgan fingerprint density at radius 1 is 1.50 bits per heavy atom. The molecule has 3 rings (SSSR count). The Balaban J connectivity index is 2.10. The number of benzene rings is 1. The highest BCUT2D eigenvalue weighted by molar-refractivity contribution is 9.10. The molecule has 1 N–H and O–H groups in total. The Morgan fingerprint density at radius 3 is 3.25 bits per heavy atom. The second-order valence-corrected chi connectivity index (χ2v) is 4.47. The maximum Gasteiger partial charge on any atom is 0.260 e. The molecule has 0 unspecified atom stereocenters. The van der Waals surface area contributed by atoms with Crippen LogP contribution in [0.4, 0.5) is 5.69 Å². The highest BCUT2D eigenvalue weighted by Gasteiger charge is 2.28. The highest BCUT2D eigenvalue weighted by Crippen LogP contribution is 2.34. The van der Waals surface area contributed by atoms with Crippen molar-refractivity contribution >= 4 is 33.4 Å². The zero-order valence-electron chi connectivity index (χ0n) is 8.24. The molecule has 2 aliphatic heterocycles. The first kappa shape index (κ1) is 9.65. The Bertz CT molecular complexity index is 501. The molecule has 0 spiro atoms. The van der Waals surface area contributed by atoms with Crippen LogP contribution in [0.15, 0.2) is 27.8 Å². The number of ether oxygens (including phenoxy) is 1. The van der Waals surface area contributed by atoms with Gasteiger partial charge in [0.05, 0.1) is 5.69 Å². The first-order valence-corrected chi connectivity index (χ1v) is 5.58.